The molecule has 1 aliphatic heterocycles. The van der Waals surface area contributed by atoms with Crippen LogP contribution >= 0.6 is 27.3 Å². The van der Waals surface area contributed by atoms with Crippen LogP contribution in [0.25, 0.3) is 10.6 Å². The second-order valence-corrected chi connectivity index (χ2v) is 5.94. The van der Waals surface area contributed by atoms with Crippen LogP contribution in [0, 0.1) is 0 Å². The average Bonchev–Trinajstić information content (AvgIpc) is 3.10. The first kappa shape index (κ1) is 12.2. The van der Waals surface area contributed by atoms with Crippen molar-refractivity contribution >= 4 is 33.0 Å². The molecule has 3 rings (SSSR count). The second kappa shape index (κ2) is 5.41. The summed E-state index contributed by atoms with van der Waals surface area (Å²) >= 11 is 5.15. The van der Waals surface area contributed by atoms with E-state index in [-0.39, 0.29) is 0 Å². The largest absolute Gasteiger partial charge is 0.372 e. The smallest absolute Gasteiger partial charge is 0.123 e. The summed E-state index contributed by atoms with van der Waals surface area (Å²) in [5.41, 5.74) is 3.67. The number of benzene rings is 1. The van der Waals surface area contributed by atoms with Gasteiger partial charge < -0.3 is 4.90 Å². The van der Waals surface area contributed by atoms with Crippen molar-refractivity contribution in [2.45, 2.75) is 18.2 Å². The summed E-state index contributed by atoms with van der Waals surface area (Å²) < 4.78 is 0. The normalized spacial score (nSPS) is 15.3. The molecule has 1 fully saturated rings. The number of hydrogen-bond acceptors (Lipinski definition) is 3. The lowest BCUT2D eigenvalue weighted by Crippen LogP contribution is -2.17. The van der Waals surface area contributed by atoms with E-state index >= 15 is 0 Å². The molecule has 18 heavy (non-hydrogen) atoms. The molecule has 0 amide bonds. The topological polar surface area (TPSA) is 16.1 Å². The summed E-state index contributed by atoms with van der Waals surface area (Å²) in [5, 5.41) is 4.05. The standard InChI is InChI=1S/C14H15BrN2S/c15-9-12-10-18-14(16-12)11-3-5-13(6-4-11)17-7-1-2-8-17/h3-6,10H,1-2,7-9H2. The molecule has 0 bridgehead atoms. The van der Waals surface area contributed by atoms with Gasteiger partial charge in [-0.05, 0) is 37.1 Å². The molecule has 1 aliphatic rings. The van der Waals surface area contributed by atoms with Gasteiger partial charge in [0.25, 0.3) is 0 Å². The third-order valence-corrected chi connectivity index (χ3v) is 4.79. The van der Waals surface area contributed by atoms with Gasteiger partial charge in [0.2, 0.25) is 0 Å². The number of halogens is 1. The van der Waals surface area contributed by atoms with Gasteiger partial charge in [0.05, 0.1) is 5.69 Å². The summed E-state index contributed by atoms with van der Waals surface area (Å²) in [4.78, 5) is 7.04. The fourth-order valence-electron chi connectivity index (χ4n) is 2.29. The van der Waals surface area contributed by atoms with E-state index in [1.54, 1.807) is 11.3 Å². The van der Waals surface area contributed by atoms with Crippen LogP contribution in [0.5, 0.6) is 0 Å². The maximum Gasteiger partial charge on any atom is 0.123 e. The second-order valence-electron chi connectivity index (χ2n) is 4.52. The van der Waals surface area contributed by atoms with Crippen molar-refractivity contribution in [1.82, 2.24) is 4.98 Å². The van der Waals surface area contributed by atoms with E-state index in [0.29, 0.717) is 0 Å². The van der Waals surface area contributed by atoms with Crippen LogP contribution in [0.15, 0.2) is 29.6 Å². The number of hydrogen-bond donors (Lipinski definition) is 0. The monoisotopic (exact) mass is 322 g/mol. The number of rotatable bonds is 3. The third-order valence-electron chi connectivity index (χ3n) is 3.27. The molecule has 0 saturated carbocycles. The zero-order valence-electron chi connectivity index (χ0n) is 10.1. The average molecular weight is 323 g/mol. The molecule has 4 heteroatoms. The van der Waals surface area contributed by atoms with Gasteiger partial charge in [-0.3, -0.25) is 0 Å². The Bertz CT molecular complexity index is 515. The predicted octanol–water partition coefficient (Wildman–Crippen LogP) is 4.31. The van der Waals surface area contributed by atoms with E-state index in [9.17, 15) is 0 Å². The molecule has 1 aromatic carbocycles. The van der Waals surface area contributed by atoms with Gasteiger partial charge in [0.15, 0.2) is 0 Å². The first-order valence-electron chi connectivity index (χ1n) is 6.22. The molecule has 94 valence electrons. The number of thiazole rings is 1. The van der Waals surface area contributed by atoms with Crippen molar-refractivity contribution in [1.29, 1.82) is 0 Å². The highest BCUT2D eigenvalue weighted by Gasteiger charge is 2.12. The molecule has 0 N–H and O–H groups in total. The fraction of sp³-hybridized carbons (Fsp3) is 0.357. The minimum absolute atomic E-state index is 0.829. The van der Waals surface area contributed by atoms with E-state index in [1.165, 1.54) is 37.2 Å². The van der Waals surface area contributed by atoms with Crippen LogP contribution in [0.2, 0.25) is 0 Å². The molecule has 0 unspecified atom stereocenters. The van der Waals surface area contributed by atoms with Crippen LogP contribution in [0.4, 0.5) is 5.69 Å². The van der Waals surface area contributed by atoms with Crippen molar-refractivity contribution < 1.29 is 0 Å². The molecule has 0 radical (unpaired) electrons. The van der Waals surface area contributed by atoms with E-state index in [1.807, 2.05) is 0 Å². The zero-order valence-corrected chi connectivity index (χ0v) is 12.5. The maximum absolute atomic E-state index is 4.58. The minimum atomic E-state index is 0.829. The van der Waals surface area contributed by atoms with Gasteiger partial charge in [0, 0.05) is 35.1 Å². The number of aromatic nitrogens is 1. The molecule has 1 aromatic heterocycles. The van der Waals surface area contributed by atoms with Crippen LogP contribution in [-0.2, 0) is 5.33 Å². The number of alkyl halides is 1. The Morgan fingerprint density at radius 1 is 1.17 bits per heavy atom. The van der Waals surface area contributed by atoms with Crippen molar-refractivity contribution in [2.24, 2.45) is 0 Å². The molecular formula is C14H15BrN2S. The summed E-state index contributed by atoms with van der Waals surface area (Å²) in [6.45, 7) is 2.40. The Kier molecular flexibility index (Phi) is 3.66. The van der Waals surface area contributed by atoms with Crippen molar-refractivity contribution in [3.63, 3.8) is 0 Å². The molecule has 2 nitrogen and oxygen atoms in total. The van der Waals surface area contributed by atoms with E-state index in [2.05, 4.69) is 55.5 Å². The molecule has 0 atom stereocenters. The highest BCUT2D eigenvalue weighted by Crippen LogP contribution is 2.27. The SMILES string of the molecule is BrCc1csc(-c2ccc(N3CCCC3)cc2)n1. The van der Waals surface area contributed by atoms with Crippen LogP contribution in [0.1, 0.15) is 18.5 Å². The quantitative estimate of drug-likeness (QED) is 0.783. The van der Waals surface area contributed by atoms with Gasteiger partial charge in [0.1, 0.15) is 5.01 Å². The van der Waals surface area contributed by atoms with Crippen molar-refractivity contribution in [3.05, 3.63) is 35.3 Å². The summed E-state index contributed by atoms with van der Waals surface area (Å²) in [6, 6.07) is 8.81. The molecule has 2 heterocycles. The Hall–Kier alpha value is -0.870. The summed E-state index contributed by atoms with van der Waals surface area (Å²) in [7, 11) is 0. The van der Waals surface area contributed by atoms with Crippen LogP contribution in [-0.4, -0.2) is 18.1 Å². The number of nitrogens with zero attached hydrogens (tertiary/aromatic N) is 2. The molecule has 0 spiro atoms. The predicted molar refractivity (Wildman–Crippen MR) is 81.6 cm³/mol. The fourth-order valence-corrected chi connectivity index (χ4v) is 3.62. The van der Waals surface area contributed by atoms with Crippen LogP contribution in [0.3, 0.4) is 0 Å². The first-order chi connectivity index (χ1) is 8.86. The lowest BCUT2D eigenvalue weighted by atomic mass is 10.2. The minimum Gasteiger partial charge on any atom is -0.372 e. The molecule has 2 aromatic rings. The number of anilines is 1. The van der Waals surface area contributed by atoms with Crippen molar-refractivity contribution in [2.75, 3.05) is 18.0 Å². The van der Waals surface area contributed by atoms with Gasteiger partial charge in [-0.1, -0.05) is 15.9 Å². The van der Waals surface area contributed by atoms with E-state index < -0.39 is 0 Å². The van der Waals surface area contributed by atoms with Gasteiger partial charge in [-0.15, -0.1) is 11.3 Å². The van der Waals surface area contributed by atoms with Gasteiger partial charge in [-0.25, -0.2) is 4.98 Å². The van der Waals surface area contributed by atoms with Gasteiger partial charge in [-0.2, -0.15) is 0 Å². The Morgan fingerprint density at radius 2 is 1.89 bits per heavy atom. The summed E-state index contributed by atoms with van der Waals surface area (Å²) in [5.74, 6) is 0. The molecule has 1 saturated heterocycles. The molecular weight excluding hydrogens is 308 g/mol. The lowest BCUT2D eigenvalue weighted by Gasteiger charge is -2.17. The third kappa shape index (κ3) is 2.45. The Balaban J connectivity index is 1.81. The van der Waals surface area contributed by atoms with Crippen LogP contribution < -0.4 is 4.90 Å². The van der Waals surface area contributed by atoms with E-state index in [4.69, 9.17) is 0 Å². The summed E-state index contributed by atoms with van der Waals surface area (Å²) in [6.07, 6.45) is 2.64. The lowest BCUT2D eigenvalue weighted by molar-refractivity contribution is 0.949. The Morgan fingerprint density at radius 3 is 2.50 bits per heavy atom. The maximum atomic E-state index is 4.58. The zero-order chi connectivity index (χ0) is 12.4. The van der Waals surface area contributed by atoms with Crippen molar-refractivity contribution in [3.8, 4) is 10.6 Å². The van der Waals surface area contributed by atoms with E-state index in [0.717, 1.165) is 16.0 Å². The Labute approximate surface area is 120 Å². The highest BCUT2D eigenvalue weighted by atomic mass is 79.9. The van der Waals surface area contributed by atoms with Gasteiger partial charge >= 0.3 is 0 Å². The molecule has 0 aliphatic carbocycles. The first-order valence-corrected chi connectivity index (χ1v) is 8.23. The highest BCUT2D eigenvalue weighted by molar-refractivity contribution is 9.08.